The van der Waals surface area contributed by atoms with E-state index in [1.807, 2.05) is 25.2 Å². The lowest BCUT2D eigenvalue weighted by Gasteiger charge is -2.03. The van der Waals surface area contributed by atoms with Crippen LogP contribution in [0.4, 0.5) is 5.82 Å². The molecular formula is C11H14N4O. The third kappa shape index (κ3) is 1.98. The maximum atomic E-state index is 11.6. The third-order valence-corrected chi connectivity index (χ3v) is 2.41. The first-order chi connectivity index (χ1) is 7.70. The molecule has 0 unspecified atom stereocenters. The number of nitrogens with zero attached hydrogens (tertiary/aromatic N) is 3. The number of anilines is 1. The summed E-state index contributed by atoms with van der Waals surface area (Å²) in [5.41, 5.74) is 0.830. The van der Waals surface area contributed by atoms with Crippen molar-refractivity contribution in [2.24, 2.45) is 7.05 Å². The first-order valence-electron chi connectivity index (χ1n) is 5.06. The second-order valence-corrected chi connectivity index (χ2v) is 3.58. The van der Waals surface area contributed by atoms with Crippen molar-refractivity contribution >= 4 is 5.82 Å². The summed E-state index contributed by atoms with van der Waals surface area (Å²) in [6.45, 7) is 0.495. The summed E-state index contributed by atoms with van der Waals surface area (Å²) in [5.74, 6) is 0.807. The van der Waals surface area contributed by atoms with Crippen LogP contribution < -0.4 is 11.0 Å². The third-order valence-electron chi connectivity index (χ3n) is 2.41. The Hall–Kier alpha value is -2.04. The zero-order valence-electron chi connectivity index (χ0n) is 9.34. The number of nitrogens with one attached hydrogen (secondary N) is 1. The normalized spacial score (nSPS) is 10.4. The Labute approximate surface area is 93.4 Å². The lowest BCUT2D eigenvalue weighted by atomic mass is 10.3. The predicted octanol–water partition coefficient (Wildman–Crippen LogP) is 0.672. The van der Waals surface area contributed by atoms with Crippen LogP contribution in [-0.4, -0.2) is 21.2 Å². The average molecular weight is 218 g/mol. The average Bonchev–Trinajstić information content (AvgIpc) is 2.61. The van der Waals surface area contributed by atoms with Crippen molar-refractivity contribution in [2.45, 2.75) is 6.54 Å². The van der Waals surface area contributed by atoms with Crippen LogP contribution >= 0.6 is 0 Å². The fourth-order valence-corrected chi connectivity index (χ4v) is 1.51. The Morgan fingerprint density at radius 2 is 2.19 bits per heavy atom. The summed E-state index contributed by atoms with van der Waals surface area (Å²) in [6.07, 6.45) is 3.50. The molecule has 2 aromatic rings. The molecule has 0 aliphatic rings. The molecule has 2 rings (SSSR count). The van der Waals surface area contributed by atoms with Gasteiger partial charge in [0.05, 0.1) is 12.2 Å². The lowest BCUT2D eigenvalue weighted by Crippen LogP contribution is -2.22. The van der Waals surface area contributed by atoms with Crippen LogP contribution in [0.15, 0.2) is 35.4 Å². The number of imidazole rings is 1. The quantitative estimate of drug-likeness (QED) is 0.824. The second kappa shape index (κ2) is 4.22. The molecule has 16 heavy (non-hydrogen) atoms. The molecule has 0 amide bonds. The molecule has 5 heteroatoms. The van der Waals surface area contributed by atoms with E-state index in [0.29, 0.717) is 6.54 Å². The largest absolute Gasteiger partial charge is 0.373 e. The molecule has 2 heterocycles. The minimum Gasteiger partial charge on any atom is -0.373 e. The summed E-state index contributed by atoms with van der Waals surface area (Å²) in [7, 11) is 3.55. The van der Waals surface area contributed by atoms with Gasteiger partial charge >= 0.3 is 5.69 Å². The molecule has 0 fully saturated rings. The Morgan fingerprint density at radius 3 is 2.81 bits per heavy atom. The van der Waals surface area contributed by atoms with Crippen LogP contribution in [0.2, 0.25) is 0 Å². The fourth-order valence-electron chi connectivity index (χ4n) is 1.51. The molecule has 0 aliphatic heterocycles. The molecule has 1 N–H and O–H groups in total. The summed E-state index contributed by atoms with van der Waals surface area (Å²) in [4.78, 5) is 16.0. The summed E-state index contributed by atoms with van der Waals surface area (Å²) in [5, 5.41) is 2.97. The van der Waals surface area contributed by atoms with E-state index in [-0.39, 0.29) is 5.69 Å². The van der Waals surface area contributed by atoms with Crippen LogP contribution in [0.3, 0.4) is 0 Å². The van der Waals surface area contributed by atoms with Gasteiger partial charge in [0.2, 0.25) is 0 Å². The van der Waals surface area contributed by atoms with Crippen molar-refractivity contribution in [3.05, 3.63) is 46.8 Å². The van der Waals surface area contributed by atoms with Crippen LogP contribution in [0, 0.1) is 0 Å². The van der Waals surface area contributed by atoms with E-state index in [0.717, 1.165) is 11.5 Å². The maximum Gasteiger partial charge on any atom is 0.328 e. The van der Waals surface area contributed by atoms with Crippen LogP contribution in [-0.2, 0) is 13.6 Å². The Balaban J connectivity index is 2.27. The smallest absolute Gasteiger partial charge is 0.328 e. The van der Waals surface area contributed by atoms with Gasteiger partial charge in [-0.15, -0.1) is 0 Å². The molecule has 0 saturated carbocycles. The minimum atomic E-state index is -0.0309. The lowest BCUT2D eigenvalue weighted by molar-refractivity contribution is 0.705. The second-order valence-electron chi connectivity index (χ2n) is 3.58. The summed E-state index contributed by atoms with van der Waals surface area (Å²) < 4.78 is 3.17. The van der Waals surface area contributed by atoms with Gasteiger partial charge in [-0.2, -0.15) is 0 Å². The number of rotatable bonds is 3. The van der Waals surface area contributed by atoms with Gasteiger partial charge in [-0.3, -0.25) is 4.57 Å². The topological polar surface area (TPSA) is 51.9 Å². The Morgan fingerprint density at radius 1 is 1.38 bits per heavy atom. The zero-order chi connectivity index (χ0) is 11.5. The van der Waals surface area contributed by atoms with Crippen molar-refractivity contribution < 1.29 is 0 Å². The van der Waals surface area contributed by atoms with Gasteiger partial charge in [-0.05, 0) is 12.1 Å². The van der Waals surface area contributed by atoms with Crippen molar-refractivity contribution in [1.29, 1.82) is 0 Å². The molecule has 0 aromatic carbocycles. The van der Waals surface area contributed by atoms with E-state index >= 15 is 0 Å². The molecule has 0 bridgehead atoms. The van der Waals surface area contributed by atoms with E-state index in [1.54, 1.807) is 28.6 Å². The number of hydrogen-bond acceptors (Lipinski definition) is 3. The molecule has 0 aliphatic carbocycles. The molecule has 0 spiro atoms. The van der Waals surface area contributed by atoms with Crippen LogP contribution in [0.1, 0.15) is 5.69 Å². The number of aromatic nitrogens is 3. The van der Waals surface area contributed by atoms with Crippen molar-refractivity contribution in [3.63, 3.8) is 0 Å². The fraction of sp³-hybridized carbons (Fsp3) is 0.273. The maximum absolute atomic E-state index is 11.6. The van der Waals surface area contributed by atoms with E-state index < -0.39 is 0 Å². The Bertz CT molecular complexity index is 541. The molecule has 84 valence electrons. The van der Waals surface area contributed by atoms with E-state index in [4.69, 9.17) is 0 Å². The highest BCUT2D eigenvalue weighted by atomic mass is 16.1. The molecule has 0 radical (unpaired) electrons. The highest BCUT2D eigenvalue weighted by Crippen LogP contribution is 2.04. The standard InChI is InChI=1S/C11H14N4O/c1-12-10-5-3-4-9(13-10)8-15-7-6-14(2)11(15)16/h3-7H,8H2,1-2H3,(H,12,13). The van der Waals surface area contributed by atoms with E-state index in [2.05, 4.69) is 10.3 Å². The van der Waals surface area contributed by atoms with Crippen LogP contribution in [0.25, 0.3) is 0 Å². The van der Waals surface area contributed by atoms with Gasteiger partial charge in [-0.25, -0.2) is 9.78 Å². The molecule has 2 aromatic heterocycles. The highest BCUT2D eigenvalue weighted by Gasteiger charge is 2.02. The molecule has 0 saturated heterocycles. The Kier molecular flexibility index (Phi) is 2.76. The number of pyridine rings is 1. The minimum absolute atomic E-state index is 0.0309. The first kappa shape index (κ1) is 10.5. The van der Waals surface area contributed by atoms with E-state index in [9.17, 15) is 4.79 Å². The number of hydrogen-bond donors (Lipinski definition) is 1. The molecule has 0 atom stereocenters. The molecule has 5 nitrogen and oxygen atoms in total. The summed E-state index contributed by atoms with van der Waals surface area (Å²) >= 11 is 0. The van der Waals surface area contributed by atoms with Gasteiger partial charge in [0, 0.05) is 26.5 Å². The first-order valence-corrected chi connectivity index (χ1v) is 5.06. The van der Waals surface area contributed by atoms with Gasteiger partial charge in [0.1, 0.15) is 5.82 Å². The van der Waals surface area contributed by atoms with E-state index in [1.165, 1.54) is 0 Å². The van der Waals surface area contributed by atoms with Crippen LogP contribution in [0.5, 0.6) is 0 Å². The van der Waals surface area contributed by atoms with Crippen molar-refractivity contribution in [2.75, 3.05) is 12.4 Å². The van der Waals surface area contributed by atoms with Gasteiger partial charge in [0.25, 0.3) is 0 Å². The van der Waals surface area contributed by atoms with Crippen molar-refractivity contribution in [3.8, 4) is 0 Å². The highest BCUT2D eigenvalue weighted by molar-refractivity contribution is 5.34. The monoisotopic (exact) mass is 218 g/mol. The van der Waals surface area contributed by atoms with Gasteiger partial charge < -0.3 is 9.88 Å². The SMILES string of the molecule is CNc1cccc(Cn2ccn(C)c2=O)n1. The predicted molar refractivity (Wildman–Crippen MR) is 62.6 cm³/mol. The molecular weight excluding hydrogens is 204 g/mol. The van der Waals surface area contributed by atoms with Gasteiger partial charge in [0.15, 0.2) is 0 Å². The summed E-state index contributed by atoms with van der Waals surface area (Å²) in [6, 6.07) is 5.71. The number of aryl methyl sites for hydroxylation is 1. The van der Waals surface area contributed by atoms with Gasteiger partial charge in [-0.1, -0.05) is 6.07 Å². The zero-order valence-corrected chi connectivity index (χ0v) is 9.34. The van der Waals surface area contributed by atoms with Crippen molar-refractivity contribution in [1.82, 2.24) is 14.1 Å².